The Morgan fingerprint density at radius 2 is 1.76 bits per heavy atom. The van der Waals surface area contributed by atoms with Crippen LogP contribution in [0.2, 0.25) is 0 Å². The van der Waals surface area contributed by atoms with E-state index < -0.39 is 10.0 Å². The van der Waals surface area contributed by atoms with Crippen molar-refractivity contribution in [2.24, 2.45) is 0 Å². The number of fused-ring (bicyclic) bond motifs is 1. The molecule has 21 heavy (non-hydrogen) atoms. The first-order valence-corrected chi connectivity index (χ1v) is 8.07. The molecule has 5 nitrogen and oxygen atoms in total. The van der Waals surface area contributed by atoms with Crippen LogP contribution in [0.4, 0.5) is 5.69 Å². The highest BCUT2D eigenvalue weighted by Crippen LogP contribution is 2.36. The van der Waals surface area contributed by atoms with E-state index in [9.17, 15) is 13.5 Å². The van der Waals surface area contributed by atoms with E-state index in [1.165, 1.54) is 16.4 Å². The van der Waals surface area contributed by atoms with Crippen molar-refractivity contribution in [3.8, 4) is 11.5 Å². The number of phenolic OH excluding ortho intramolecular Hbond substituents is 1. The molecular weight excluding hydrogens is 290 g/mol. The smallest absolute Gasteiger partial charge is 0.268 e. The highest BCUT2D eigenvalue weighted by atomic mass is 32.2. The monoisotopic (exact) mass is 305 g/mol. The van der Waals surface area contributed by atoms with Crippen molar-refractivity contribution in [3.63, 3.8) is 0 Å². The number of sulfonamides is 1. The molecule has 0 saturated heterocycles. The third kappa shape index (κ3) is 2.42. The van der Waals surface area contributed by atoms with Gasteiger partial charge in [0.1, 0.15) is 16.4 Å². The molecule has 0 saturated carbocycles. The first kappa shape index (κ1) is 13.8. The Hall–Kier alpha value is -2.21. The van der Waals surface area contributed by atoms with Crippen molar-refractivity contribution in [2.45, 2.75) is 11.3 Å². The molecule has 6 heteroatoms. The quantitative estimate of drug-likeness (QED) is 0.925. The van der Waals surface area contributed by atoms with Crippen molar-refractivity contribution in [1.82, 2.24) is 0 Å². The fraction of sp³-hybridized carbons (Fsp3) is 0.200. The molecule has 110 valence electrons. The van der Waals surface area contributed by atoms with Crippen molar-refractivity contribution in [3.05, 3.63) is 48.5 Å². The maximum Gasteiger partial charge on any atom is 0.268 e. The van der Waals surface area contributed by atoms with Gasteiger partial charge in [0.2, 0.25) is 0 Å². The van der Waals surface area contributed by atoms with Crippen LogP contribution in [0, 0.1) is 0 Å². The normalized spacial score (nSPS) is 15.0. The highest BCUT2D eigenvalue weighted by molar-refractivity contribution is 7.93. The van der Waals surface area contributed by atoms with E-state index >= 15 is 0 Å². The van der Waals surface area contributed by atoms with Gasteiger partial charge in [-0.1, -0.05) is 24.3 Å². The summed E-state index contributed by atoms with van der Waals surface area (Å²) in [6.45, 7) is 0.775. The van der Waals surface area contributed by atoms with Gasteiger partial charge in [-0.25, -0.2) is 8.42 Å². The lowest BCUT2D eigenvalue weighted by molar-refractivity contribution is 0.322. The van der Waals surface area contributed by atoms with Gasteiger partial charge < -0.3 is 9.84 Å². The van der Waals surface area contributed by atoms with E-state index in [4.69, 9.17) is 4.74 Å². The average molecular weight is 305 g/mol. The molecule has 0 aliphatic carbocycles. The summed E-state index contributed by atoms with van der Waals surface area (Å²) in [4.78, 5) is -0.0956. The summed E-state index contributed by atoms with van der Waals surface area (Å²) in [5, 5.41) is 9.86. The molecule has 0 fully saturated rings. The number of hydrogen-bond donors (Lipinski definition) is 1. The molecule has 0 unspecified atom stereocenters. The van der Waals surface area contributed by atoms with Gasteiger partial charge in [-0.2, -0.15) is 0 Å². The maximum atomic E-state index is 12.8. The van der Waals surface area contributed by atoms with E-state index in [0.717, 1.165) is 0 Å². The van der Waals surface area contributed by atoms with Gasteiger partial charge in [0.15, 0.2) is 0 Å². The molecule has 1 N–H and O–H groups in total. The predicted octanol–water partition coefficient (Wildman–Crippen LogP) is 2.37. The van der Waals surface area contributed by atoms with Gasteiger partial charge in [0, 0.05) is 13.0 Å². The van der Waals surface area contributed by atoms with Crippen LogP contribution in [0.15, 0.2) is 53.4 Å². The molecule has 1 aliphatic rings. The molecule has 2 aromatic rings. The Labute approximate surface area is 123 Å². The van der Waals surface area contributed by atoms with Crippen LogP contribution in [-0.4, -0.2) is 26.7 Å². The summed E-state index contributed by atoms with van der Waals surface area (Å²) in [5.41, 5.74) is 0.498. The van der Waals surface area contributed by atoms with Crippen molar-refractivity contribution in [2.75, 3.05) is 17.5 Å². The minimum absolute atomic E-state index is 0.0956. The standard InChI is InChI=1S/C15H15NO4S/c17-13-7-2-4-9-15(13)21(18,19)16-10-5-11-20-14-8-3-1-6-12(14)16/h1-4,6-9,17H,5,10-11H2. The Morgan fingerprint density at radius 1 is 1.05 bits per heavy atom. The zero-order valence-electron chi connectivity index (χ0n) is 11.3. The predicted molar refractivity (Wildman–Crippen MR) is 79.2 cm³/mol. The number of anilines is 1. The molecule has 0 bridgehead atoms. The van der Waals surface area contributed by atoms with Crippen LogP contribution < -0.4 is 9.04 Å². The SMILES string of the molecule is O=S(=O)(c1ccccc1O)N1CCCOc2ccccc21. The first-order valence-electron chi connectivity index (χ1n) is 6.63. The molecular formula is C15H15NO4S. The Kier molecular flexibility index (Phi) is 3.47. The number of aromatic hydroxyl groups is 1. The first-order chi connectivity index (χ1) is 10.1. The number of rotatable bonds is 2. The van der Waals surface area contributed by atoms with E-state index in [1.807, 2.05) is 0 Å². The molecule has 0 aromatic heterocycles. The summed E-state index contributed by atoms with van der Waals surface area (Å²) < 4.78 is 32.5. The molecule has 1 aliphatic heterocycles. The highest BCUT2D eigenvalue weighted by Gasteiger charge is 2.30. The van der Waals surface area contributed by atoms with Crippen LogP contribution in [0.5, 0.6) is 11.5 Å². The summed E-state index contributed by atoms with van der Waals surface area (Å²) in [6, 6.07) is 13.0. The van der Waals surface area contributed by atoms with E-state index in [-0.39, 0.29) is 10.6 Å². The molecule has 3 rings (SSSR count). The minimum Gasteiger partial charge on any atom is -0.507 e. The number of ether oxygens (including phenoxy) is 1. The Balaban J connectivity index is 2.13. The van der Waals surface area contributed by atoms with Gasteiger partial charge in [-0.05, 0) is 24.3 Å². The van der Waals surface area contributed by atoms with E-state index in [1.54, 1.807) is 36.4 Å². The third-order valence-corrected chi connectivity index (χ3v) is 5.19. The zero-order chi connectivity index (χ0) is 14.9. The van der Waals surface area contributed by atoms with Gasteiger partial charge >= 0.3 is 0 Å². The molecule has 0 atom stereocenters. The molecule has 1 heterocycles. The lowest BCUT2D eigenvalue weighted by atomic mass is 10.3. The lowest BCUT2D eigenvalue weighted by Gasteiger charge is -2.23. The number of hydrogen-bond acceptors (Lipinski definition) is 4. The van der Waals surface area contributed by atoms with E-state index in [0.29, 0.717) is 31.0 Å². The Bertz CT molecular complexity index is 758. The van der Waals surface area contributed by atoms with Gasteiger partial charge in [-0.15, -0.1) is 0 Å². The number of benzene rings is 2. The summed E-state index contributed by atoms with van der Waals surface area (Å²) in [5.74, 6) is 0.286. The summed E-state index contributed by atoms with van der Waals surface area (Å²) >= 11 is 0. The van der Waals surface area contributed by atoms with Gasteiger partial charge in [0.05, 0.1) is 12.3 Å². The van der Waals surface area contributed by atoms with Crippen molar-refractivity contribution < 1.29 is 18.3 Å². The molecule has 0 radical (unpaired) electrons. The number of para-hydroxylation sites is 3. The van der Waals surface area contributed by atoms with Crippen molar-refractivity contribution >= 4 is 15.7 Å². The van der Waals surface area contributed by atoms with Crippen LogP contribution in [0.1, 0.15) is 6.42 Å². The molecule has 2 aromatic carbocycles. The fourth-order valence-corrected chi connectivity index (χ4v) is 3.94. The molecule has 0 spiro atoms. The number of nitrogens with zero attached hydrogens (tertiary/aromatic N) is 1. The summed E-state index contributed by atoms with van der Waals surface area (Å²) in [6.07, 6.45) is 0.585. The largest absolute Gasteiger partial charge is 0.507 e. The Morgan fingerprint density at radius 3 is 2.57 bits per heavy atom. The molecule has 0 amide bonds. The van der Waals surface area contributed by atoms with Crippen LogP contribution in [-0.2, 0) is 10.0 Å². The zero-order valence-corrected chi connectivity index (χ0v) is 12.1. The van der Waals surface area contributed by atoms with Crippen LogP contribution in [0.3, 0.4) is 0 Å². The maximum absolute atomic E-state index is 12.8. The average Bonchev–Trinajstić information content (AvgIpc) is 2.70. The number of phenols is 1. The minimum atomic E-state index is -3.83. The lowest BCUT2D eigenvalue weighted by Crippen LogP contribution is -2.31. The topological polar surface area (TPSA) is 66.8 Å². The van der Waals surface area contributed by atoms with Gasteiger partial charge in [0.25, 0.3) is 10.0 Å². The summed E-state index contributed by atoms with van der Waals surface area (Å²) in [7, 11) is -3.83. The van der Waals surface area contributed by atoms with E-state index in [2.05, 4.69) is 0 Å². The van der Waals surface area contributed by atoms with Gasteiger partial charge in [-0.3, -0.25) is 4.31 Å². The second kappa shape index (κ2) is 5.29. The van der Waals surface area contributed by atoms with Crippen molar-refractivity contribution in [1.29, 1.82) is 0 Å². The third-order valence-electron chi connectivity index (χ3n) is 3.33. The van der Waals surface area contributed by atoms with Crippen LogP contribution >= 0.6 is 0 Å². The second-order valence-electron chi connectivity index (χ2n) is 4.71. The fourth-order valence-electron chi connectivity index (χ4n) is 2.34. The van der Waals surface area contributed by atoms with Crippen LogP contribution in [0.25, 0.3) is 0 Å². The second-order valence-corrected chi connectivity index (χ2v) is 6.55.